The quantitative estimate of drug-likeness (QED) is 0.606. The lowest BCUT2D eigenvalue weighted by Gasteiger charge is -2.39. The second kappa shape index (κ2) is 7.68. The van der Waals surface area contributed by atoms with Crippen LogP contribution in [0.5, 0.6) is 5.75 Å². The number of nitrogens with zero attached hydrogens (tertiary/aromatic N) is 1. The molecule has 1 aromatic carbocycles. The zero-order valence-corrected chi connectivity index (χ0v) is 15.0. The maximum Gasteiger partial charge on any atom is 0.330 e. The van der Waals surface area contributed by atoms with E-state index < -0.39 is 5.97 Å². The Morgan fingerprint density at radius 3 is 2.56 bits per heavy atom. The summed E-state index contributed by atoms with van der Waals surface area (Å²) in [6.07, 6.45) is 2.18. The number of amides is 1. The second-order valence-corrected chi connectivity index (χ2v) is 6.96. The van der Waals surface area contributed by atoms with Crippen LogP contribution >= 0.6 is 0 Å². The van der Waals surface area contributed by atoms with Crippen LogP contribution in [0.3, 0.4) is 0 Å². The molecule has 0 N–H and O–H groups in total. The molecule has 1 saturated heterocycles. The van der Waals surface area contributed by atoms with Crippen molar-refractivity contribution in [2.24, 2.45) is 0 Å². The monoisotopic (exact) mass is 349 g/mol. The molecule has 1 heterocycles. The van der Waals surface area contributed by atoms with Gasteiger partial charge < -0.3 is 14.4 Å². The molecule has 1 aliphatic heterocycles. The summed E-state index contributed by atoms with van der Waals surface area (Å²) in [7, 11) is 0. The van der Waals surface area contributed by atoms with E-state index in [0.717, 1.165) is 11.6 Å². The predicted octanol–water partition coefficient (Wildman–Crippen LogP) is 2.83. The number of esters is 1. The molecule has 1 fully saturated rings. The molecule has 6 heteroatoms. The van der Waals surface area contributed by atoms with Crippen LogP contribution < -0.4 is 4.74 Å². The number of halogens is 1. The molecule has 1 amide bonds. The van der Waals surface area contributed by atoms with Crippen molar-refractivity contribution >= 4 is 11.9 Å². The lowest BCUT2D eigenvalue weighted by atomic mass is 9.86. The Labute approximate surface area is 147 Å². The van der Waals surface area contributed by atoms with Gasteiger partial charge in [0.15, 0.2) is 0 Å². The third-order valence-electron chi connectivity index (χ3n) is 3.85. The van der Waals surface area contributed by atoms with Crippen molar-refractivity contribution in [3.05, 3.63) is 41.7 Å². The summed E-state index contributed by atoms with van der Waals surface area (Å²) in [5.74, 6) is -0.465. The van der Waals surface area contributed by atoms with Crippen molar-refractivity contribution in [2.75, 3.05) is 19.7 Å². The minimum absolute atomic E-state index is 0.147. The van der Waals surface area contributed by atoms with E-state index in [2.05, 4.69) is 0 Å². The number of ether oxygens (including phenoxy) is 2. The van der Waals surface area contributed by atoms with Crippen molar-refractivity contribution in [3.8, 4) is 5.75 Å². The lowest BCUT2D eigenvalue weighted by molar-refractivity contribution is -0.138. The van der Waals surface area contributed by atoms with E-state index in [4.69, 9.17) is 9.47 Å². The van der Waals surface area contributed by atoms with Crippen LogP contribution in [0.25, 0.3) is 0 Å². The minimum atomic E-state index is -0.537. The highest BCUT2D eigenvalue weighted by atomic mass is 19.1. The van der Waals surface area contributed by atoms with Gasteiger partial charge in [0, 0.05) is 17.7 Å². The number of benzene rings is 1. The van der Waals surface area contributed by atoms with E-state index in [1.807, 2.05) is 20.8 Å². The molecule has 136 valence electrons. The molecule has 0 saturated carbocycles. The van der Waals surface area contributed by atoms with Gasteiger partial charge in [-0.2, -0.15) is 0 Å². The van der Waals surface area contributed by atoms with Crippen LogP contribution in [0.15, 0.2) is 30.4 Å². The van der Waals surface area contributed by atoms with Crippen molar-refractivity contribution in [1.29, 1.82) is 0 Å². The summed E-state index contributed by atoms with van der Waals surface area (Å²) in [6, 6.07) is 4.48. The van der Waals surface area contributed by atoms with E-state index in [-0.39, 0.29) is 29.9 Å². The molecular formula is C19H24FNO4. The maximum atomic E-state index is 13.5. The molecule has 1 aliphatic rings. The van der Waals surface area contributed by atoms with Crippen LogP contribution in [0, 0.1) is 5.82 Å². The first kappa shape index (κ1) is 19.0. The van der Waals surface area contributed by atoms with Crippen LogP contribution in [0.4, 0.5) is 4.39 Å². The molecule has 0 radical (unpaired) electrons. The van der Waals surface area contributed by atoms with E-state index in [0.29, 0.717) is 18.8 Å². The van der Waals surface area contributed by atoms with Crippen LogP contribution in [0.1, 0.15) is 33.3 Å². The molecule has 2 rings (SSSR count). The third-order valence-corrected chi connectivity index (χ3v) is 3.85. The molecule has 0 atom stereocenters. The first-order chi connectivity index (χ1) is 11.7. The van der Waals surface area contributed by atoms with Crippen LogP contribution in [-0.2, 0) is 19.7 Å². The zero-order valence-electron chi connectivity index (χ0n) is 15.0. The fourth-order valence-electron chi connectivity index (χ4n) is 2.50. The minimum Gasteiger partial charge on any atom is -0.486 e. The topological polar surface area (TPSA) is 55.8 Å². The van der Waals surface area contributed by atoms with E-state index >= 15 is 0 Å². The largest absolute Gasteiger partial charge is 0.486 e. The number of likely N-dealkylation sites (tertiary alicyclic amines) is 1. The summed E-state index contributed by atoms with van der Waals surface area (Å²) < 4.78 is 24.2. The van der Waals surface area contributed by atoms with Crippen molar-refractivity contribution < 1.29 is 23.5 Å². The van der Waals surface area contributed by atoms with E-state index in [1.165, 1.54) is 18.2 Å². The van der Waals surface area contributed by atoms with Gasteiger partial charge in [-0.1, -0.05) is 20.8 Å². The molecule has 0 spiro atoms. The van der Waals surface area contributed by atoms with Gasteiger partial charge >= 0.3 is 5.97 Å². The molecule has 0 aliphatic carbocycles. The number of carbonyl (C=O) groups excluding carboxylic acids is 2. The smallest absolute Gasteiger partial charge is 0.330 e. The van der Waals surface area contributed by atoms with Gasteiger partial charge in [-0.3, -0.25) is 4.79 Å². The number of hydrogen-bond donors (Lipinski definition) is 0. The summed E-state index contributed by atoms with van der Waals surface area (Å²) in [5.41, 5.74) is 0.540. The standard InChI is InChI=1S/C19H24FNO4/c1-5-24-18(23)9-8-17(22)21-11-14(12-21)25-16-7-6-13(20)10-15(16)19(2,3)4/h6-10,14H,5,11-12H2,1-4H3. The van der Waals surface area contributed by atoms with Gasteiger partial charge in [-0.25, -0.2) is 9.18 Å². The van der Waals surface area contributed by atoms with Gasteiger partial charge in [0.25, 0.3) is 0 Å². The normalized spacial score (nSPS) is 15.2. The first-order valence-electron chi connectivity index (χ1n) is 8.31. The Morgan fingerprint density at radius 2 is 1.96 bits per heavy atom. The van der Waals surface area contributed by atoms with Gasteiger partial charge in [0.05, 0.1) is 19.7 Å². The SMILES string of the molecule is CCOC(=O)C=CC(=O)N1CC(Oc2ccc(F)cc2C(C)(C)C)C1. The Morgan fingerprint density at radius 1 is 1.28 bits per heavy atom. The molecular weight excluding hydrogens is 325 g/mol. The van der Waals surface area contributed by atoms with E-state index in [1.54, 1.807) is 17.9 Å². The van der Waals surface area contributed by atoms with Crippen molar-refractivity contribution in [3.63, 3.8) is 0 Å². The summed E-state index contributed by atoms with van der Waals surface area (Å²) in [6.45, 7) is 8.79. The molecule has 5 nitrogen and oxygen atoms in total. The zero-order chi connectivity index (χ0) is 18.6. The lowest BCUT2D eigenvalue weighted by Crippen LogP contribution is -2.55. The average Bonchev–Trinajstić information content (AvgIpc) is 2.48. The molecule has 0 bridgehead atoms. The van der Waals surface area contributed by atoms with Gasteiger partial charge in [-0.15, -0.1) is 0 Å². The van der Waals surface area contributed by atoms with Crippen molar-refractivity contribution in [2.45, 2.75) is 39.2 Å². The highest BCUT2D eigenvalue weighted by molar-refractivity contribution is 5.94. The van der Waals surface area contributed by atoms with Gasteiger partial charge in [0.2, 0.25) is 5.91 Å². The average molecular weight is 349 g/mol. The molecule has 0 aromatic heterocycles. The van der Waals surface area contributed by atoms with Gasteiger partial charge in [0.1, 0.15) is 17.7 Å². The summed E-state index contributed by atoms with van der Waals surface area (Å²) >= 11 is 0. The predicted molar refractivity (Wildman–Crippen MR) is 91.9 cm³/mol. The number of carbonyl (C=O) groups is 2. The molecule has 25 heavy (non-hydrogen) atoms. The summed E-state index contributed by atoms with van der Waals surface area (Å²) in [4.78, 5) is 24.7. The number of hydrogen-bond acceptors (Lipinski definition) is 4. The Hall–Kier alpha value is -2.37. The highest BCUT2D eigenvalue weighted by Crippen LogP contribution is 2.33. The maximum absolute atomic E-state index is 13.5. The Kier molecular flexibility index (Phi) is 5.82. The molecule has 1 aromatic rings. The summed E-state index contributed by atoms with van der Waals surface area (Å²) in [5, 5.41) is 0. The van der Waals surface area contributed by atoms with Crippen LogP contribution in [0.2, 0.25) is 0 Å². The van der Waals surface area contributed by atoms with Gasteiger partial charge in [-0.05, 0) is 30.5 Å². The van der Waals surface area contributed by atoms with E-state index in [9.17, 15) is 14.0 Å². The molecule has 0 unspecified atom stereocenters. The van der Waals surface area contributed by atoms with Crippen molar-refractivity contribution in [1.82, 2.24) is 4.90 Å². The first-order valence-corrected chi connectivity index (χ1v) is 8.31. The Balaban J connectivity index is 1.92. The Bertz CT molecular complexity index is 672. The third kappa shape index (κ3) is 5.05. The fraction of sp³-hybridized carbons (Fsp3) is 0.474. The number of rotatable bonds is 5. The fourth-order valence-corrected chi connectivity index (χ4v) is 2.50. The van der Waals surface area contributed by atoms with Crippen LogP contribution in [-0.4, -0.2) is 42.6 Å². The highest BCUT2D eigenvalue weighted by Gasteiger charge is 2.32. The second-order valence-electron chi connectivity index (χ2n) is 6.96.